The van der Waals surface area contributed by atoms with Crippen molar-refractivity contribution >= 4 is 11.7 Å². The number of nitrogens with one attached hydrogen (secondary N) is 1. The van der Waals surface area contributed by atoms with Gasteiger partial charge in [-0.05, 0) is 41.7 Å². The SMILES string of the molecule is C[C@H](CNC(=O)CCc1ccc(O)cc1)c1cccc(C(=O)c2ccccc2)c1. The zero-order valence-corrected chi connectivity index (χ0v) is 16.5. The molecule has 0 saturated heterocycles. The highest BCUT2D eigenvalue weighted by atomic mass is 16.3. The lowest BCUT2D eigenvalue weighted by atomic mass is 9.95. The van der Waals surface area contributed by atoms with Crippen molar-refractivity contribution in [3.8, 4) is 5.75 Å². The van der Waals surface area contributed by atoms with Gasteiger partial charge in [0.15, 0.2) is 5.78 Å². The number of amides is 1. The molecule has 0 radical (unpaired) electrons. The predicted octanol–water partition coefficient (Wildman–Crippen LogP) is 4.48. The van der Waals surface area contributed by atoms with Gasteiger partial charge in [-0.25, -0.2) is 0 Å². The van der Waals surface area contributed by atoms with Crippen LogP contribution in [-0.4, -0.2) is 23.3 Å². The highest BCUT2D eigenvalue weighted by Crippen LogP contribution is 2.18. The van der Waals surface area contributed by atoms with Crippen LogP contribution in [0.15, 0.2) is 78.9 Å². The van der Waals surface area contributed by atoms with Gasteiger partial charge in [-0.1, -0.05) is 67.6 Å². The number of rotatable bonds is 8. The Morgan fingerprint density at radius 1 is 0.897 bits per heavy atom. The van der Waals surface area contributed by atoms with Crippen molar-refractivity contribution < 1.29 is 14.7 Å². The van der Waals surface area contributed by atoms with E-state index in [-0.39, 0.29) is 23.4 Å². The molecule has 0 aliphatic heterocycles. The normalized spacial score (nSPS) is 11.6. The number of phenols is 1. The van der Waals surface area contributed by atoms with E-state index in [2.05, 4.69) is 5.32 Å². The number of phenolic OH excluding ortho intramolecular Hbond substituents is 1. The van der Waals surface area contributed by atoms with Gasteiger partial charge in [0.05, 0.1) is 0 Å². The molecule has 4 nitrogen and oxygen atoms in total. The van der Waals surface area contributed by atoms with E-state index in [4.69, 9.17) is 0 Å². The Bertz CT molecular complexity index is 965. The molecule has 29 heavy (non-hydrogen) atoms. The number of hydrogen-bond donors (Lipinski definition) is 2. The largest absolute Gasteiger partial charge is 0.508 e. The molecule has 0 bridgehead atoms. The molecule has 4 heteroatoms. The van der Waals surface area contributed by atoms with Gasteiger partial charge in [0, 0.05) is 24.1 Å². The lowest BCUT2D eigenvalue weighted by Crippen LogP contribution is -2.27. The molecule has 0 unspecified atom stereocenters. The van der Waals surface area contributed by atoms with Gasteiger partial charge < -0.3 is 10.4 Å². The van der Waals surface area contributed by atoms with Crippen LogP contribution in [0.4, 0.5) is 0 Å². The standard InChI is InChI=1S/C25H25NO3/c1-18(17-26-24(28)15-12-19-10-13-23(27)14-11-19)21-8-5-9-22(16-21)25(29)20-6-3-2-4-7-20/h2-11,13-14,16,18,27H,12,15,17H2,1H3,(H,26,28)/t18-/m1/s1. The molecule has 3 aromatic carbocycles. The number of hydrogen-bond acceptors (Lipinski definition) is 3. The van der Waals surface area contributed by atoms with Crippen molar-refractivity contribution in [2.24, 2.45) is 0 Å². The third-order valence-electron chi connectivity index (χ3n) is 4.94. The molecule has 0 aromatic heterocycles. The number of benzene rings is 3. The zero-order valence-electron chi connectivity index (χ0n) is 16.5. The highest BCUT2D eigenvalue weighted by molar-refractivity contribution is 6.09. The first-order chi connectivity index (χ1) is 14.0. The van der Waals surface area contributed by atoms with E-state index < -0.39 is 0 Å². The Hall–Kier alpha value is -3.40. The number of carbonyl (C=O) groups excluding carboxylic acids is 2. The minimum absolute atomic E-state index is 0.00224. The third-order valence-corrected chi connectivity index (χ3v) is 4.94. The van der Waals surface area contributed by atoms with Crippen LogP contribution in [0.3, 0.4) is 0 Å². The number of aryl methyl sites for hydroxylation is 1. The summed E-state index contributed by atoms with van der Waals surface area (Å²) in [6.45, 7) is 2.55. The molecule has 1 amide bonds. The molecule has 0 saturated carbocycles. The predicted molar refractivity (Wildman–Crippen MR) is 114 cm³/mol. The van der Waals surface area contributed by atoms with Gasteiger partial charge >= 0.3 is 0 Å². The van der Waals surface area contributed by atoms with Crippen LogP contribution in [0, 0.1) is 0 Å². The minimum Gasteiger partial charge on any atom is -0.508 e. The molecule has 3 aromatic rings. The van der Waals surface area contributed by atoms with E-state index in [0.29, 0.717) is 30.5 Å². The van der Waals surface area contributed by atoms with Crippen LogP contribution < -0.4 is 5.32 Å². The van der Waals surface area contributed by atoms with Crippen LogP contribution in [0.2, 0.25) is 0 Å². The molecular formula is C25H25NO3. The summed E-state index contributed by atoms with van der Waals surface area (Å²) in [4.78, 5) is 24.8. The summed E-state index contributed by atoms with van der Waals surface area (Å²) in [7, 11) is 0. The summed E-state index contributed by atoms with van der Waals surface area (Å²) >= 11 is 0. The fourth-order valence-electron chi connectivity index (χ4n) is 3.14. The smallest absolute Gasteiger partial charge is 0.220 e. The third kappa shape index (κ3) is 5.79. The fraction of sp³-hybridized carbons (Fsp3) is 0.200. The Morgan fingerprint density at radius 3 is 2.31 bits per heavy atom. The van der Waals surface area contributed by atoms with Gasteiger partial charge in [0.1, 0.15) is 5.75 Å². The van der Waals surface area contributed by atoms with Crippen LogP contribution in [-0.2, 0) is 11.2 Å². The first-order valence-corrected chi connectivity index (χ1v) is 9.77. The van der Waals surface area contributed by atoms with Crippen LogP contribution in [0.5, 0.6) is 5.75 Å². The second kappa shape index (κ2) is 9.69. The van der Waals surface area contributed by atoms with Gasteiger partial charge in [-0.15, -0.1) is 0 Å². The summed E-state index contributed by atoms with van der Waals surface area (Å²) in [5, 5.41) is 12.3. The van der Waals surface area contributed by atoms with Crippen molar-refractivity contribution in [1.82, 2.24) is 5.32 Å². The number of carbonyl (C=O) groups is 2. The topological polar surface area (TPSA) is 66.4 Å². The average molecular weight is 387 g/mol. The minimum atomic E-state index is -0.0126. The first kappa shape index (κ1) is 20.3. The van der Waals surface area contributed by atoms with Crippen molar-refractivity contribution in [3.05, 3.63) is 101 Å². The molecule has 0 fully saturated rings. The molecule has 0 spiro atoms. The summed E-state index contributed by atoms with van der Waals surface area (Å²) in [6.07, 6.45) is 1.02. The average Bonchev–Trinajstić information content (AvgIpc) is 2.77. The monoisotopic (exact) mass is 387 g/mol. The van der Waals surface area contributed by atoms with Gasteiger partial charge in [0.25, 0.3) is 0 Å². The molecule has 148 valence electrons. The van der Waals surface area contributed by atoms with E-state index in [1.807, 2.05) is 73.7 Å². The van der Waals surface area contributed by atoms with E-state index in [0.717, 1.165) is 11.1 Å². The second-order valence-electron chi connectivity index (χ2n) is 7.19. The van der Waals surface area contributed by atoms with E-state index >= 15 is 0 Å². The molecule has 0 heterocycles. The van der Waals surface area contributed by atoms with Crippen LogP contribution in [0.25, 0.3) is 0 Å². The maximum Gasteiger partial charge on any atom is 0.220 e. The molecule has 1 atom stereocenters. The van der Waals surface area contributed by atoms with Crippen molar-refractivity contribution in [1.29, 1.82) is 0 Å². The van der Waals surface area contributed by atoms with E-state index in [9.17, 15) is 14.7 Å². The Kier molecular flexibility index (Phi) is 6.80. The van der Waals surface area contributed by atoms with E-state index in [1.54, 1.807) is 12.1 Å². The Morgan fingerprint density at radius 2 is 1.59 bits per heavy atom. The lowest BCUT2D eigenvalue weighted by Gasteiger charge is -2.14. The Balaban J connectivity index is 1.54. The fourth-order valence-corrected chi connectivity index (χ4v) is 3.14. The molecule has 2 N–H and O–H groups in total. The molecule has 0 aliphatic rings. The maximum absolute atomic E-state index is 12.6. The van der Waals surface area contributed by atoms with Crippen molar-refractivity contribution in [3.63, 3.8) is 0 Å². The Labute approximate surface area is 171 Å². The summed E-state index contributed by atoms with van der Waals surface area (Å²) in [5.41, 5.74) is 3.35. The van der Waals surface area contributed by atoms with E-state index in [1.165, 1.54) is 0 Å². The number of aromatic hydroxyl groups is 1. The summed E-state index contributed by atoms with van der Waals surface area (Å²) in [6, 6.07) is 23.7. The van der Waals surface area contributed by atoms with Crippen molar-refractivity contribution in [2.45, 2.75) is 25.7 Å². The summed E-state index contributed by atoms with van der Waals surface area (Å²) < 4.78 is 0. The van der Waals surface area contributed by atoms with Gasteiger partial charge in [-0.2, -0.15) is 0 Å². The molecular weight excluding hydrogens is 362 g/mol. The number of ketones is 1. The lowest BCUT2D eigenvalue weighted by molar-refractivity contribution is -0.121. The molecule has 3 rings (SSSR count). The maximum atomic E-state index is 12.6. The first-order valence-electron chi connectivity index (χ1n) is 9.77. The van der Waals surface area contributed by atoms with Crippen molar-refractivity contribution in [2.75, 3.05) is 6.54 Å². The van der Waals surface area contributed by atoms with Gasteiger partial charge in [-0.3, -0.25) is 9.59 Å². The molecule has 0 aliphatic carbocycles. The van der Waals surface area contributed by atoms with Gasteiger partial charge in [0.2, 0.25) is 5.91 Å². The zero-order chi connectivity index (χ0) is 20.6. The quantitative estimate of drug-likeness (QED) is 0.560. The van der Waals surface area contributed by atoms with Crippen LogP contribution >= 0.6 is 0 Å². The summed E-state index contributed by atoms with van der Waals surface area (Å²) in [5.74, 6) is 0.301. The second-order valence-corrected chi connectivity index (χ2v) is 7.19. The highest BCUT2D eigenvalue weighted by Gasteiger charge is 2.13. The van der Waals surface area contributed by atoms with Crippen LogP contribution in [0.1, 0.15) is 46.3 Å².